The molecule has 0 spiro atoms. The first kappa shape index (κ1) is 15.1. The molecule has 0 saturated carbocycles. The van der Waals surface area contributed by atoms with Crippen molar-refractivity contribution in [3.63, 3.8) is 0 Å². The van der Waals surface area contributed by atoms with Gasteiger partial charge in [0.15, 0.2) is 0 Å². The predicted molar refractivity (Wildman–Crippen MR) is 69.8 cm³/mol. The van der Waals surface area contributed by atoms with E-state index in [-0.39, 0.29) is 0 Å². The van der Waals surface area contributed by atoms with Crippen LogP contribution in [0.3, 0.4) is 0 Å². The summed E-state index contributed by atoms with van der Waals surface area (Å²) in [5.41, 5.74) is 0. The zero-order valence-corrected chi connectivity index (χ0v) is 11.4. The van der Waals surface area contributed by atoms with Gasteiger partial charge in [0.25, 0.3) is 0 Å². The van der Waals surface area contributed by atoms with Gasteiger partial charge in [-0.3, -0.25) is 4.21 Å². The Morgan fingerprint density at radius 3 is 2.33 bits per heavy atom. The van der Waals surface area contributed by atoms with E-state index in [4.69, 9.17) is 0 Å². The average Bonchev–Trinajstić information content (AvgIpc) is 2.25. The van der Waals surface area contributed by atoms with Gasteiger partial charge in [-0.1, -0.05) is 26.7 Å². The van der Waals surface area contributed by atoms with Crippen LogP contribution in [0, 0.1) is 0 Å². The standard InChI is InChI=1S/C12H27NOS/c1-4-6-7-10-15(14)11-8-9-12(5-2)13-3/h12-13H,4-11H2,1-3H3. The summed E-state index contributed by atoms with van der Waals surface area (Å²) in [6, 6.07) is 0.609. The maximum Gasteiger partial charge on any atom is 0.0235 e. The van der Waals surface area contributed by atoms with Gasteiger partial charge in [-0.2, -0.15) is 0 Å². The van der Waals surface area contributed by atoms with Crippen molar-refractivity contribution in [2.75, 3.05) is 18.6 Å². The quantitative estimate of drug-likeness (QED) is 0.588. The van der Waals surface area contributed by atoms with Gasteiger partial charge in [0.2, 0.25) is 0 Å². The number of rotatable bonds is 10. The van der Waals surface area contributed by atoms with Crippen molar-refractivity contribution >= 4 is 10.8 Å². The van der Waals surface area contributed by atoms with Crippen LogP contribution in [0.1, 0.15) is 52.4 Å². The predicted octanol–water partition coefficient (Wildman–Crippen LogP) is 2.70. The lowest BCUT2D eigenvalue weighted by Gasteiger charge is -2.12. The molecule has 0 aromatic rings. The molecule has 0 fully saturated rings. The zero-order valence-electron chi connectivity index (χ0n) is 10.6. The van der Waals surface area contributed by atoms with E-state index in [1.165, 1.54) is 19.3 Å². The van der Waals surface area contributed by atoms with Gasteiger partial charge in [-0.25, -0.2) is 0 Å². The maximum absolute atomic E-state index is 11.6. The lowest BCUT2D eigenvalue weighted by molar-refractivity contribution is 0.503. The van der Waals surface area contributed by atoms with Crippen molar-refractivity contribution in [2.24, 2.45) is 0 Å². The minimum atomic E-state index is -0.570. The monoisotopic (exact) mass is 233 g/mol. The van der Waals surface area contributed by atoms with Crippen molar-refractivity contribution in [1.82, 2.24) is 5.32 Å². The lowest BCUT2D eigenvalue weighted by Crippen LogP contribution is -2.24. The van der Waals surface area contributed by atoms with E-state index < -0.39 is 10.8 Å². The van der Waals surface area contributed by atoms with E-state index >= 15 is 0 Å². The fraction of sp³-hybridized carbons (Fsp3) is 1.00. The molecule has 15 heavy (non-hydrogen) atoms. The van der Waals surface area contributed by atoms with Gasteiger partial charge in [0.05, 0.1) is 0 Å². The summed E-state index contributed by atoms with van der Waals surface area (Å²) in [5.74, 6) is 1.80. The minimum Gasteiger partial charge on any atom is -0.317 e. The molecule has 0 aliphatic carbocycles. The lowest BCUT2D eigenvalue weighted by atomic mass is 10.1. The zero-order chi connectivity index (χ0) is 11.5. The third-order valence-electron chi connectivity index (χ3n) is 2.80. The molecule has 0 heterocycles. The summed E-state index contributed by atoms with van der Waals surface area (Å²) >= 11 is 0. The van der Waals surface area contributed by atoms with E-state index in [2.05, 4.69) is 19.2 Å². The smallest absolute Gasteiger partial charge is 0.0235 e. The van der Waals surface area contributed by atoms with Crippen LogP contribution >= 0.6 is 0 Å². The molecule has 0 aliphatic rings. The fourth-order valence-electron chi connectivity index (χ4n) is 1.66. The molecule has 3 heteroatoms. The molecule has 1 N–H and O–H groups in total. The molecular weight excluding hydrogens is 206 g/mol. The Kier molecular flexibility index (Phi) is 10.7. The first-order chi connectivity index (χ1) is 7.24. The highest BCUT2D eigenvalue weighted by Gasteiger charge is 2.04. The van der Waals surface area contributed by atoms with E-state index in [1.54, 1.807) is 0 Å². The van der Waals surface area contributed by atoms with Gasteiger partial charge >= 0.3 is 0 Å². The number of hydrogen-bond donors (Lipinski definition) is 1. The topological polar surface area (TPSA) is 29.1 Å². The van der Waals surface area contributed by atoms with Gasteiger partial charge in [-0.15, -0.1) is 0 Å². The molecule has 2 unspecified atom stereocenters. The average molecular weight is 233 g/mol. The molecule has 0 amide bonds. The maximum atomic E-state index is 11.6. The molecule has 2 atom stereocenters. The van der Waals surface area contributed by atoms with Crippen LogP contribution in [-0.4, -0.2) is 28.8 Å². The normalized spacial score (nSPS) is 15.1. The molecule has 0 bridgehead atoms. The van der Waals surface area contributed by atoms with E-state index in [1.807, 2.05) is 7.05 Å². The fourth-order valence-corrected chi connectivity index (χ4v) is 2.88. The SMILES string of the molecule is CCCCCS(=O)CCCC(CC)NC. The molecular formula is C12H27NOS. The molecule has 2 nitrogen and oxygen atoms in total. The van der Waals surface area contributed by atoms with Crippen LogP contribution in [0.4, 0.5) is 0 Å². The van der Waals surface area contributed by atoms with Crippen LogP contribution in [0.5, 0.6) is 0 Å². The summed E-state index contributed by atoms with van der Waals surface area (Å²) < 4.78 is 11.6. The van der Waals surface area contributed by atoms with Crippen LogP contribution in [0.25, 0.3) is 0 Å². The summed E-state index contributed by atoms with van der Waals surface area (Å²) in [7, 11) is 1.44. The second-order valence-corrected chi connectivity index (χ2v) is 5.79. The first-order valence-electron chi connectivity index (χ1n) is 6.26. The van der Waals surface area contributed by atoms with Crippen LogP contribution < -0.4 is 5.32 Å². The van der Waals surface area contributed by atoms with Gasteiger partial charge in [-0.05, 0) is 32.7 Å². The Morgan fingerprint density at radius 2 is 1.80 bits per heavy atom. The largest absolute Gasteiger partial charge is 0.317 e. The first-order valence-corrected chi connectivity index (χ1v) is 7.75. The number of hydrogen-bond acceptors (Lipinski definition) is 2. The molecule has 0 aromatic heterocycles. The molecule has 0 aromatic carbocycles. The second kappa shape index (κ2) is 10.6. The minimum absolute atomic E-state index is 0.570. The third-order valence-corrected chi connectivity index (χ3v) is 4.29. The Balaban J connectivity index is 3.37. The van der Waals surface area contributed by atoms with Crippen molar-refractivity contribution in [1.29, 1.82) is 0 Å². The van der Waals surface area contributed by atoms with Crippen molar-refractivity contribution in [3.8, 4) is 0 Å². The molecule has 0 aliphatic heterocycles. The van der Waals surface area contributed by atoms with Gasteiger partial charge in [0, 0.05) is 28.3 Å². The highest BCUT2D eigenvalue weighted by Crippen LogP contribution is 2.04. The summed E-state index contributed by atoms with van der Waals surface area (Å²) in [6.45, 7) is 4.38. The Bertz CT molecular complexity index is 158. The molecule has 0 saturated heterocycles. The number of nitrogens with one attached hydrogen (secondary N) is 1. The van der Waals surface area contributed by atoms with Gasteiger partial charge < -0.3 is 5.32 Å². The van der Waals surface area contributed by atoms with Crippen LogP contribution in [0.15, 0.2) is 0 Å². The van der Waals surface area contributed by atoms with Crippen molar-refractivity contribution < 1.29 is 4.21 Å². The number of unbranched alkanes of at least 4 members (excludes halogenated alkanes) is 2. The summed E-state index contributed by atoms with van der Waals surface area (Å²) in [5, 5.41) is 3.28. The van der Waals surface area contributed by atoms with E-state index in [0.717, 1.165) is 30.8 Å². The third kappa shape index (κ3) is 9.06. The molecule has 92 valence electrons. The summed E-state index contributed by atoms with van der Waals surface area (Å²) in [4.78, 5) is 0. The highest BCUT2D eigenvalue weighted by molar-refractivity contribution is 7.84. The Labute approximate surface area is 97.7 Å². The summed E-state index contributed by atoms with van der Waals surface area (Å²) in [6.07, 6.45) is 6.99. The van der Waals surface area contributed by atoms with E-state index in [9.17, 15) is 4.21 Å². The Morgan fingerprint density at radius 1 is 1.13 bits per heavy atom. The molecule has 0 radical (unpaired) electrons. The van der Waals surface area contributed by atoms with Crippen LogP contribution in [0.2, 0.25) is 0 Å². The van der Waals surface area contributed by atoms with E-state index in [0.29, 0.717) is 6.04 Å². The van der Waals surface area contributed by atoms with Crippen molar-refractivity contribution in [3.05, 3.63) is 0 Å². The molecule has 0 rings (SSSR count). The Hall–Kier alpha value is 0.110. The van der Waals surface area contributed by atoms with Gasteiger partial charge in [0.1, 0.15) is 0 Å². The second-order valence-electron chi connectivity index (χ2n) is 4.09. The highest BCUT2D eigenvalue weighted by atomic mass is 32.2. The van der Waals surface area contributed by atoms with Crippen LogP contribution in [-0.2, 0) is 10.8 Å². The van der Waals surface area contributed by atoms with Crippen molar-refractivity contribution in [2.45, 2.75) is 58.4 Å².